The van der Waals surface area contributed by atoms with Gasteiger partial charge in [-0.05, 0) is 36.5 Å². The summed E-state index contributed by atoms with van der Waals surface area (Å²) < 4.78 is 26.3. The van der Waals surface area contributed by atoms with E-state index in [1.54, 1.807) is 0 Å². The standard InChI is InChI=1S/C18H24N4O3S/c1-13(2)14-3-5-16(6-4-14)21-18(23)15-7-9-22(10-8-15)26(24,25)17-11-19-12-20-17/h3-6,11-13,15H,7-10H2,1-2H3,(H,19,20)(H,21,23). The van der Waals surface area contributed by atoms with Crippen LogP contribution in [-0.2, 0) is 14.8 Å². The molecule has 1 fully saturated rings. The van der Waals surface area contributed by atoms with Crippen molar-refractivity contribution in [2.75, 3.05) is 18.4 Å². The van der Waals surface area contributed by atoms with E-state index in [-0.39, 0.29) is 16.9 Å². The number of carbonyl (C=O) groups excluding carboxylic acids is 1. The van der Waals surface area contributed by atoms with E-state index in [1.807, 2.05) is 24.3 Å². The van der Waals surface area contributed by atoms with Gasteiger partial charge >= 0.3 is 0 Å². The number of H-pyrrole nitrogens is 1. The minimum Gasteiger partial charge on any atom is -0.335 e. The molecule has 0 bridgehead atoms. The largest absolute Gasteiger partial charge is 0.335 e. The zero-order valence-corrected chi connectivity index (χ0v) is 15.8. The summed E-state index contributed by atoms with van der Waals surface area (Å²) in [4.78, 5) is 18.9. The number of aromatic amines is 1. The van der Waals surface area contributed by atoms with E-state index in [0.717, 1.165) is 5.69 Å². The van der Waals surface area contributed by atoms with E-state index in [2.05, 4.69) is 29.1 Å². The van der Waals surface area contributed by atoms with Gasteiger partial charge in [-0.3, -0.25) is 4.79 Å². The number of imidazole rings is 1. The van der Waals surface area contributed by atoms with Crippen LogP contribution in [-0.4, -0.2) is 41.7 Å². The average Bonchev–Trinajstić information content (AvgIpc) is 3.18. The van der Waals surface area contributed by atoms with Gasteiger partial charge in [-0.15, -0.1) is 0 Å². The number of piperidine rings is 1. The molecule has 8 heteroatoms. The molecule has 0 radical (unpaired) electrons. The zero-order valence-electron chi connectivity index (χ0n) is 15.0. The molecule has 0 saturated carbocycles. The van der Waals surface area contributed by atoms with E-state index in [1.165, 1.54) is 22.4 Å². The lowest BCUT2D eigenvalue weighted by molar-refractivity contribution is -0.120. The van der Waals surface area contributed by atoms with Crippen LogP contribution in [0, 0.1) is 5.92 Å². The molecule has 1 aliphatic rings. The molecule has 0 atom stereocenters. The lowest BCUT2D eigenvalue weighted by atomic mass is 9.97. The topological polar surface area (TPSA) is 95.2 Å². The van der Waals surface area contributed by atoms with Crippen molar-refractivity contribution in [2.45, 2.75) is 37.6 Å². The molecular formula is C18H24N4O3S. The second-order valence-electron chi connectivity index (χ2n) is 6.86. The Morgan fingerprint density at radius 2 is 1.88 bits per heavy atom. The molecule has 2 N–H and O–H groups in total. The summed E-state index contributed by atoms with van der Waals surface area (Å²) in [7, 11) is -3.56. The number of anilines is 1. The zero-order chi connectivity index (χ0) is 18.7. The highest BCUT2D eigenvalue weighted by Gasteiger charge is 2.32. The molecule has 1 amide bonds. The normalized spacial score (nSPS) is 16.7. The molecular weight excluding hydrogens is 352 g/mol. The van der Waals surface area contributed by atoms with Gasteiger partial charge in [0.05, 0.1) is 12.5 Å². The van der Waals surface area contributed by atoms with Crippen LogP contribution in [0.2, 0.25) is 0 Å². The van der Waals surface area contributed by atoms with Gasteiger partial charge in [-0.25, -0.2) is 13.4 Å². The maximum atomic E-state index is 12.5. The molecule has 0 unspecified atom stereocenters. The smallest absolute Gasteiger partial charge is 0.260 e. The number of nitrogens with one attached hydrogen (secondary N) is 2. The van der Waals surface area contributed by atoms with E-state index in [0.29, 0.717) is 31.8 Å². The number of hydrogen-bond donors (Lipinski definition) is 2. The summed E-state index contributed by atoms with van der Waals surface area (Å²) in [6.45, 7) is 4.90. The predicted octanol–water partition coefficient (Wildman–Crippen LogP) is 2.57. The van der Waals surface area contributed by atoms with Crippen LogP contribution < -0.4 is 5.32 Å². The molecule has 2 aromatic rings. The number of nitrogens with zero attached hydrogens (tertiary/aromatic N) is 2. The number of aromatic nitrogens is 2. The molecule has 0 aliphatic carbocycles. The molecule has 1 aliphatic heterocycles. The van der Waals surface area contributed by atoms with Gasteiger partial charge in [0.1, 0.15) is 0 Å². The van der Waals surface area contributed by atoms with Crippen molar-refractivity contribution in [1.29, 1.82) is 0 Å². The lowest BCUT2D eigenvalue weighted by Crippen LogP contribution is -2.41. The monoisotopic (exact) mass is 376 g/mol. The summed E-state index contributed by atoms with van der Waals surface area (Å²) in [5.41, 5.74) is 1.99. The number of benzene rings is 1. The first-order valence-electron chi connectivity index (χ1n) is 8.77. The van der Waals surface area contributed by atoms with E-state index in [9.17, 15) is 13.2 Å². The van der Waals surface area contributed by atoms with Crippen LogP contribution >= 0.6 is 0 Å². The first kappa shape index (κ1) is 18.6. The van der Waals surface area contributed by atoms with Crippen molar-refractivity contribution in [3.8, 4) is 0 Å². The van der Waals surface area contributed by atoms with Gasteiger partial charge in [-0.2, -0.15) is 4.31 Å². The van der Waals surface area contributed by atoms with Crippen LogP contribution in [0.15, 0.2) is 41.8 Å². The van der Waals surface area contributed by atoms with Crippen molar-refractivity contribution >= 4 is 21.6 Å². The predicted molar refractivity (Wildman–Crippen MR) is 99.2 cm³/mol. The number of rotatable bonds is 5. The Morgan fingerprint density at radius 1 is 1.23 bits per heavy atom. The van der Waals surface area contributed by atoms with Crippen LogP contribution in [0.25, 0.3) is 0 Å². The van der Waals surface area contributed by atoms with Crippen LogP contribution in [0.1, 0.15) is 38.2 Å². The second-order valence-corrected chi connectivity index (χ2v) is 8.77. The highest BCUT2D eigenvalue weighted by atomic mass is 32.2. The maximum Gasteiger partial charge on any atom is 0.260 e. The third-order valence-electron chi connectivity index (χ3n) is 4.76. The Hall–Kier alpha value is -2.19. The van der Waals surface area contributed by atoms with Crippen molar-refractivity contribution in [3.05, 3.63) is 42.4 Å². The summed E-state index contributed by atoms with van der Waals surface area (Å²) in [5.74, 6) is 0.203. The molecule has 2 heterocycles. The highest BCUT2D eigenvalue weighted by molar-refractivity contribution is 7.89. The minimum atomic E-state index is -3.56. The van der Waals surface area contributed by atoms with Crippen molar-refractivity contribution in [3.63, 3.8) is 0 Å². The number of carbonyl (C=O) groups is 1. The Morgan fingerprint density at radius 3 is 2.42 bits per heavy atom. The summed E-state index contributed by atoms with van der Waals surface area (Å²) in [6.07, 6.45) is 3.65. The molecule has 1 saturated heterocycles. The maximum absolute atomic E-state index is 12.5. The van der Waals surface area contributed by atoms with Crippen molar-refractivity contribution < 1.29 is 13.2 Å². The summed E-state index contributed by atoms with van der Waals surface area (Å²) in [5, 5.41) is 3.02. The number of sulfonamides is 1. The van der Waals surface area contributed by atoms with Crippen molar-refractivity contribution in [1.82, 2.24) is 14.3 Å². The average molecular weight is 376 g/mol. The molecule has 140 valence electrons. The third kappa shape index (κ3) is 3.96. The summed E-state index contributed by atoms with van der Waals surface area (Å²) >= 11 is 0. The van der Waals surface area contributed by atoms with Gasteiger partial charge in [0.25, 0.3) is 10.0 Å². The number of amides is 1. The van der Waals surface area contributed by atoms with Gasteiger partial charge < -0.3 is 10.3 Å². The van der Waals surface area contributed by atoms with Crippen LogP contribution in [0.4, 0.5) is 5.69 Å². The van der Waals surface area contributed by atoms with Gasteiger partial charge in [0.2, 0.25) is 5.91 Å². The summed E-state index contributed by atoms with van der Waals surface area (Å²) in [6, 6.07) is 7.84. The SMILES string of the molecule is CC(C)c1ccc(NC(=O)C2CCN(S(=O)(=O)c3cnc[nH]3)CC2)cc1. The first-order chi connectivity index (χ1) is 12.4. The third-order valence-corrected chi connectivity index (χ3v) is 6.58. The molecule has 26 heavy (non-hydrogen) atoms. The fourth-order valence-electron chi connectivity index (χ4n) is 3.08. The quantitative estimate of drug-likeness (QED) is 0.838. The Bertz CT molecular complexity index is 837. The van der Waals surface area contributed by atoms with Crippen LogP contribution in [0.5, 0.6) is 0 Å². The molecule has 3 rings (SSSR count). The van der Waals surface area contributed by atoms with E-state index >= 15 is 0 Å². The fraction of sp³-hybridized carbons (Fsp3) is 0.444. The Balaban J connectivity index is 1.57. The van der Waals surface area contributed by atoms with E-state index < -0.39 is 10.0 Å². The Labute approximate surface area is 153 Å². The molecule has 1 aromatic heterocycles. The fourth-order valence-corrected chi connectivity index (χ4v) is 4.44. The van der Waals surface area contributed by atoms with Gasteiger partial charge in [0, 0.05) is 24.7 Å². The Kier molecular flexibility index (Phi) is 5.43. The molecule has 1 aromatic carbocycles. The first-order valence-corrected chi connectivity index (χ1v) is 10.2. The van der Waals surface area contributed by atoms with Gasteiger partial charge in [-0.1, -0.05) is 26.0 Å². The van der Waals surface area contributed by atoms with Gasteiger partial charge in [0.15, 0.2) is 5.03 Å². The number of hydrogen-bond acceptors (Lipinski definition) is 4. The lowest BCUT2D eigenvalue weighted by Gasteiger charge is -2.30. The highest BCUT2D eigenvalue weighted by Crippen LogP contribution is 2.24. The van der Waals surface area contributed by atoms with E-state index in [4.69, 9.17) is 0 Å². The second kappa shape index (κ2) is 7.59. The molecule has 0 spiro atoms. The van der Waals surface area contributed by atoms with Crippen molar-refractivity contribution in [2.24, 2.45) is 5.92 Å². The molecule has 7 nitrogen and oxygen atoms in total. The van der Waals surface area contributed by atoms with Crippen LogP contribution in [0.3, 0.4) is 0 Å². The minimum absolute atomic E-state index is 0.0547.